The maximum Gasteiger partial charge on any atom is -0.0345 e. The summed E-state index contributed by atoms with van der Waals surface area (Å²) in [6.07, 6.45) is 34.2. The molecule has 0 saturated carbocycles. The van der Waals surface area contributed by atoms with Gasteiger partial charge in [0.05, 0.1) is 0 Å². The van der Waals surface area contributed by atoms with Crippen LogP contribution in [-0.4, -0.2) is 0 Å². The molecule has 0 N–H and O–H groups in total. The van der Waals surface area contributed by atoms with Gasteiger partial charge in [0.1, 0.15) is 0 Å². The standard InChI is InChI=1S/C24H47/c1-3-5-7-9-11-13-15-17-19-21-23-24-22-20-18-16-14-12-10-8-6-4-2/h6H,3,5,7-24H2,1-2H3. The van der Waals surface area contributed by atoms with Crippen molar-refractivity contribution < 1.29 is 0 Å². The summed E-state index contributed by atoms with van der Waals surface area (Å²) in [5, 5.41) is 0. The second-order valence-electron chi connectivity index (χ2n) is 7.65. The van der Waals surface area contributed by atoms with Crippen molar-refractivity contribution in [3.8, 4) is 0 Å². The van der Waals surface area contributed by atoms with Crippen molar-refractivity contribution in [2.24, 2.45) is 0 Å². The number of unbranched alkanes of at least 4 members (excludes halogenated alkanes) is 19. The quantitative estimate of drug-likeness (QED) is 0.194. The summed E-state index contributed by atoms with van der Waals surface area (Å²) in [6, 6.07) is 0. The summed E-state index contributed by atoms with van der Waals surface area (Å²) in [7, 11) is 0. The molecular weight excluding hydrogens is 288 g/mol. The summed E-state index contributed by atoms with van der Waals surface area (Å²) in [5.41, 5.74) is 0. The van der Waals surface area contributed by atoms with Gasteiger partial charge in [0.2, 0.25) is 0 Å². The zero-order valence-electron chi connectivity index (χ0n) is 17.2. The summed E-state index contributed by atoms with van der Waals surface area (Å²) < 4.78 is 0. The maximum atomic E-state index is 3.10. The lowest BCUT2D eigenvalue weighted by atomic mass is 10.0. The van der Waals surface area contributed by atoms with E-state index in [2.05, 4.69) is 19.1 Å². The molecule has 1 radical (unpaired) electrons. The van der Waals surface area contributed by atoms with Gasteiger partial charge in [-0.15, -0.1) is 0 Å². The first-order chi connectivity index (χ1) is 11.9. The largest absolute Gasteiger partial charge is 0.0813 e. The Morgan fingerprint density at radius 3 is 1.04 bits per heavy atom. The van der Waals surface area contributed by atoms with Crippen molar-refractivity contribution in [2.75, 3.05) is 0 Å². The lowest BCUT2D eigenvalue weighted by molar-refractivity contribution is 0.523. The highest BCUT2D eigenvalue weighted by Gasteiger charge is 1.95. The van der Waals surface area contributed by atoms with Gasteiger partial charge in [0.25, 0.3) is 0 Å². The van der Waals surface area contributed by atoms with Gasteiger partial charge < -0.3 is 0 Å². The number of hydrogen-bond donors (Lipinski definition) is 0. The van der Waals surface area contributed by atoms with Gasteiger partial charge in [-0.05, 0) is 19.8 Å². The molecule has 0 aromatic rings. The van der Waals surface area contributed by atoms with Gasteiger partial charge in [-0.2, -0.15) is 0 Å². The average Bonchev–Trinajstić information content (AvgIpc) is 2.60. The molecule has 0 aromatic heterocycles. The molecule has 24 heavy (non-hydrogen) atoms. The van der Waals surface area contributed by atoms with Crippen molar-refractivity contribution >= 4 is 0 Å². The van der Waals surface area contributed by atoms with Gasteiger partial charge in [-0.25, -0.2) is 0 Å². The molecule has 0 nitrogen and oxygen atoms in total. The van der Waals surface area contributed by atoms with Gasteiger partial charge in [0.15, 0.2) is 0 Å². The first-order valence-corrected chi connectivity index (χ1v) is 11.4. The van der Waals surface area contributed by atoms with Crippen LogP contribution in [0.2, 0.25) is 0 Å². The van der Waals surface area contributed by atoms with Crippen LogP contribution in [0.4, 0.5) is 0 Å². The highest BCUT2D eigenvalue weighted by molar-refractivity contribution is 4.69. The molecule has 0 aliphatic carbocycles. The second kappa shape index (κ2) is 22.7. The molecule has 0 bridgehead atoms. The average molecular weight is 336 g/mol. The van der Waals surface area contributed by atoms with Crippen LogP contribution in [0.3, 0.4) is 0 Å². The monoisotopic (exact) mass is 335 g/mol. The van der Waals surface area contributed by atoms with E-state index in [9.17, 15) is 0 Å². The predicted octanol–water partition coefficient (Wildman–Crippen LogP) is 9.19. The highest BCUT2D eigenvalue weighted by Crippen LogP contribution is 2.14. The summed E-state index contributed by atoms with van der Waals surface area (Å²) in [6.45, 7) is 4.29. The highest BCUT2D eigenvalue weighted by atomic mass is 14.0. The Hall–Kier alpha value is -0.260. The van der Waals surface area contributed by atoms with Gasteiger partial charge in [-0.1, -0.05) is 135 Å². The van der Waals surface area contributed by atoms with Crippen LogP contribution in [0.1, 0.15) is 142 Å². The maximum absolute atomic E-state index is 3.10. The van der Waals surface area contributed by atoms with E-state index in [0.29, 0.717) is 0 Å². The smallest absolute Gasteiger partial charge is 0.0345 e. The van der Waals surface area contributed by atoms with Crippen molar-refractivity contribution in [1.82, 2.24) is 0 Å². The van der Waals surface area contributed by atoms with Crippen molar-refractivity contribution in [3.63, 3.8) is 0 Å². The van der Waals surface area contributed by atoms with E-state index >= 15 is 0 Å². The van der Waals surface area contributed by atoms with E-state index in [4.69, 9.17) is 0 Å². The first-order valence-electron chi connectivity index (χ1n) is 11.4. The number of rotatable bonds is 20. The third-order valence-corrected chi connectivity index (χ3v) is 5.16. The number of allylic oxidation sites excluding steroid dienone is 2. The Labute approximate surface area is 154 Å². The zero-order valence-corrected chi connectivity index (χ0v) is 17.2. The Morgan fingerprint density at radius 2 is 0.750 bits per heavy atom. The SMILES string of the molecule is C/[C]=C/CCCCCCCCCCCCCCCCCCCCC. The molecule has 0 amide bonds. The number of hydrogen-bond acceptors (Lipinski definition) is 0. The molecule has 143 valence electrons. The van der Waals surface area contributed by atoms with Crippen molar-refractivity contribution in [3.05, 3.63) is 12.2 Å². The fourth-order valence-corrected chi connectivity index (χ4v) is 3.47. The molecule has 0 heterocycles. The van der Waals surface area contributed by atoms with Crippen LogP contribution in [-0.2, 0) is 0 Å². The Kier molecular flexibility index (Phi) is 22.5. The van der Waals surface area contributed by atoms with E-state index in [1.165, 1.54) is 128 Å². The molecule has 0 unspecified atom stereocenters. The molecule has 0 fully saturated rings. The molecule has 0 rings (SSSR count). The van der Waals surface area contributed by atoms with E-state index in [1.54, 1.807) is 0 Å². The van der Waals surface area contributed by atoms with E-state index < -0.39 is 0 Å². The summed E-state index contributed by atoms with van der Waals surface area (Å²) in [4.78, 5) is 0. The first kappa shape index (κ1) is 23.7. The molecule has 0 aliphatic rings. The van der Waals surface area contributed by atoms with Crippen LogP contribution >= 0.6 is 0 Å². The van der Waals surface area contributed by atoms with Crippen LogP contribution in [0.5, 0.6) is 0 Å². The molecule has 0 spiro atoms. The van der Waals surface area contributed by atoms with Crippen LogP contribution in [0.15, 0.2) is 6.08 Å². The third kappa shape index (κ3) is 21.7. The lowest BCUT2D eigenvalue weighted by Gasteiger charge is -2.03. The van der Waals surface area contributed by atoms with E-state index in [1.807, 2.05) is 6.92 Å². The Bertz CT molecular complexity index is 228. The Morgan fingerprint density at radius 1 is 0.458 bits per heavy atom. The molecule has 0 saturated heterocycles. The minimum atomic E-state index is 1.23. The van der Waals surface area contributed by atoms with Crippen LogP contribution in [0.25, 0.3) is 0 Å². The third-order valence-electron chi connectivity index (χ3n) is 5.16. The Balaban J connectivity index is 2.95. The lowest BCUT2D eigenvalue weighted by Crippen LogP contribution is -1.84. The fraction of sp³-hybridized carbons (Fsp3) is 0.917. The van der Waals surface area contributed by atoms with Crippen LogP contribution < -0.4 is 0 Å². The van der Waals surface area contributed by atoms with Crippen molar-refractivity contribution in [1.29, 1.82) is 0 Å². The summed E-state index contributed by atoms with van der Waals surface area (Å²) in [5.74, 6) is 0. The molecular formula is C24H47. The molecule has 0 aliphatic heterocycles. The second-order valence-corrected chi connectivity index (χ2v) is 7.65. The van der Waals surface area contributed by atoms with Crippen molar-refractivity contribution in [2.45, 2.75) is 142 Å². The minimum Gasteiger partial charge on any atom is -0.0813 e. The fourth-order valence-electron chi connectivity index (χ4n) is 3.47. The molecule has 0 atom stereocenters. The van der Waals surface area contributed by atoms with E-state index in [0.717, 1.165) is 0 Å². The van der Waals surface area contributed by atoms with E-state index in [-0.39, 0.29) is 0 Å². The molecule has 0 heteroatoms. The zero-order chi connectivity index (χ0) is 17.6. The van der Waals surface area contributed by atoms with Gasteiger partial charge in [-0.3, -0.25) is 0 Å². The molecule has 0 aromatic carbocycles. The summed E-state index contributed by atoms with van der Waals surface area (Å²) >= 11 is 0. The minimum absolute atomic E-state index is 1.23. The normalized spacial score (nSPS) is 11.6. The topological polar surface area (TPSA) is 0 Å². The predicted molar refractivity (Wildman–Crippen MR) is 112 cm³/mol. The van der Waals surface area contributed by atoms with Crippen LogP contribution in [0, 0.1) is 6.08 Å². The van der Waals surface area contributed by atoms with Gasteiger partial charge >= 0.3 is 0 Å². The van der Waals surface area contributed by atoms with Gasteiger partial charge in [0, 0.05) is 0 Å².